The first kappa shape index (κ1) is 9.51. The molecule has 0 saturated heterocycles. The highest BCUT2D eigenvalue weighted by Gasteiger charge is 2.42. The summed E-state index contributed by atoms with van der Waals surface area (Å²) in [7, 11) is -0.950. The van der Waals surface area contributed by atoms with Crippen LogP contribution < -0.4 is 0 Å². The molecule has 2 aliphatic carbocycles. The standard InChI is InChI=1S/C12H22Si/c1-13(2,3)9-8-12-6-4-11(10-12)5-7-12/h8-9,11H,4-7,10H2,1-3H3. The van der Waals surface area contributed by atoms with Gasteiger partial charge in [0.1, 0.15) is 0 Å². The first-order valence-corrected chi connectivity index (χ1v) is 9.27. The Hall–Kier alpha value is -0.0431. The van der Waals surface area contributed by atoms with E-state index in [2.05, 4.69) is 31.4 Å². The van der Waals surface area contributed by atoms with E-state index in [0.717, 1.165) is 5.92 Å². The summed E-state index contributed by atoms with van der Waals surface area (Å²) in [5.74, 6) is 1.09. The molecule has 0 spiro atoms. The monoisotopic (exact) mass is 194 g/mol. The highest BCUT2D eigenvalue weighted by Crippen LogP contribution is 2.54. The van der Waals surface area contributed by atoms with E-state index in [-0.39, 0.29) is 0 Å². The maximum atomic E-state index is 2.60. The minimum Gasteiger partial charge on any atom is -0.0984 e. The molecule has 0 heterocycles. The molecule has 0 atom stereocenters. The first-order valence-electron chi connectivity index (χ1n) is 5.70. The molecule has 0 N–H and O–H groups in total. The highest BCUT2D eigenvalue weighted by molar-refractivity contribution is 6.80. The normalized spacial score (nSPS) is 39.2. The molecule has 13 heavy (non-hydrogen) atoms. The van der Waals surface area contributed by atoms with Gasteiger partial charge in [0.05, 0.1) is 8.07 Å². The summed E-state index contributed by atoms with van der Waals surface area (Å²) in [6, 6.07) is 0. The van der Waals surface area contributed by atoms with Crippen LogP contribution in [0.2, 0.25) is 19.6 Å². The van der Waals surface area contributed by atoms with Crippen LogP contribution >= 0.6 is 0 Å². The summed E-state index contributed by atoms with van der Waals surface area (Å²) in [6.45, 7) is 7.30. The molecule has 0 nitrogen and oxygen atoms in total. The summed E-state index contributed by atoms with van der Waals surface area (Å²) < 4.78 is 0. The van der Waals surface area contributed by atoms with Crippen molar-refractivity contribution in [1.82, 2.24) is 0 Å². The van der Waals surface area contributed by atoms with E-state index < -0.39 is 8.07 Å². The van der Waals surface area contributed by atoms with Gasteiger partial charge in [-0.1, -0.05) is 31.4 Å². The van der Waals surface area contributed by atoms with Crippen LogP contribution in [0.1, 0.15) is 32.1 Å². The highest BCUT2D eigenvalue weighted by atomic mass is 28.3. The van der Waals surface area contributed by atoms with E-state index in [1.165, 1.54) is 32.1 Å². The molecule has 2 rings (SSSR count). The molecule has 2 aliphatic rings. The third kappa shape index (κ3) is 2.07. The minimum atomic E-state index is -0.950. The fourth-order valence-corrected chi connectivity index (χ4v) is 3.75. The lowest BCUT2D eigenvalue weighted by Gasteiger charge is -2.23. The first-order chi connectivity index (χ1) is 5.99. The Bertz CT molecular complexity index is 214. The predicted octanol–water partition coefficient (Wildman–Crippen LogP) is 4.00. The Balaban J connectivity index is 2.05. The molecule has 0 amide bonds. The molecule has 2 bridgehead atoms. The lowest BCUT2D eigenvalue weighted by atomic mass is 9.85. The minimum absolute atomic E-state index is 0.672. The Morgan fingerprint density at radius 3 is 2.15 bits per heavy atom. The molecule has 0 aliphatic heterocycles. The molecule has 0 aromatic heterocycles. The number of rotatable bonds is 2. The molecule has 1 heteroatoms. The zero-order valence-corrected chi connectivity index (χ0v) is 10.3. The zero-order chi connectivity index (χ0) is 9.53. The molecule has 2 fully saturated rings. The van der Waals surface area contributed by atoms with Gasteiger partial charge in [-0.2, -0.15) is 0 Å². The molecular formula is C12H22Si. The SMILES string of the molecule is C[Si](C)(C)C=CC12CCC(CC1)C2. The van der Waals surface area contributed by atoms with Crippen LogP contribution in [0.4, 0.5) is 0 Å². The van der Waals surface area contributed by atoms with E-state index in [1.807, 2.05) is 0 Å². The van der Waals surface area contributed by atoms with Crippen LogP contribution in [-0.2, 0) is 0 Å². The van der Waals surface area contributed by atoms with Crippen LogP contribution in [0, 0.1) is 11.3 Å². The van der Waals surface area contributed by atoms with Gasteiger partial charge >= 0.3 is 0 Å². The van der Waals surface area contributed by atoms with E-state index in [9.17, 15) is 0 Å². The lowest BCUT2D eigenvalue weighted by Crippen LogP contribution is -2.18. The summed E-state index contributed by atoms with van der Waals surface area (Å²) >= 11 is 0. The van der Waals surface area contributed by atoms with Crippen LogP contribution in [-0.4, -0.2) is 8.07 Å². The van der Waals surface area contributed by atoms with E-state index in [4.69, 9.17) is 0 Å². The van der Waals surface area contributed by atoms with Crippen LogP contribution in [0.25, 0.3) is 0 Å². The maximum absolute atomic E-state index is 2.60. The van der Waals surface area contributed by atoms with Crippen LogP contribution in [0.5, 0.6) is 0 Å². The molecule has 0 unspecified atom stereocenters. The molecular weight excluding hydrogens is 172 g/mol. The summed E-state index contributed by atoms with van der Waals surface area (Å²) in [6.07, 6.45) is 10.1. The number of fused-ring (bicyclic) bond motifs is 2. The second kappa shape index (κ2) is 2.98. The van der Waals surface area contributed by atoms with Crippen molar-refractivity contribution in [3.63, 3.8) is 0 Å². The van der Waals surface area contributed by atoms with Gasteiger partial charge in [0.25, 0.3) is 0 Å². The van der Waals surface area contributed by atoms with Crippen molar-refractivity contribution in [3.8, 4) is 0 Å². The Morgan fingerprint density at radius 2 is 1.77 bits per heavy atom. The lowest BCUT2D eigenvalue weighted by molar-refractivity contribution is 0.384. The summed E-state index contributed by atoms with van der Waals surface area (Å²) in [5.41, 5.74) is 3.24. The Labute approximate surface area is 83.4 Å². The maximum Gasteiger partial charge on any atom is 0.0683 e. The summed E-state index contributed by atoms with van der Waals surface area (Å²) in [4.78, 5) is 0. The van der Waals surface area contributed by atoms with E-state index in [1.54, 1.807) is 0 Å². The van der Waals surface area contributed by atoms with Crippen LogP contribution in [0.15, 0.2) is 11.8 Å². The van der Waals surface area contributed by atoms with Gasteiger partial charge < -0.3 is 0 Å². The zero-order valence-electron chi connectivity index (χ0n) is 9.27. The molecule has 0 aromatic rings. The van der Waals surface area contributed by atoms with Gasteiger partial charge in [-0.15, -0.1) is 0 Å². The third-order valence-electron chi connectivity index (χ3n) is 3.73. The predicted molar refractivity (Wildman–Crippen MR) is 61.5 cm³/mol. The van der Waals surface area contributed by atoms with Gasteiger partial charge in [0, 0.05) is 0 Å². The fraction of sp³-hybridized carbons (Fsp3) is 0.833. The second-order valence-electron chi connectivity index (χ2n) is 6.21. The summed E-state index contributed by atoms with van der Waals surface area (Å²) in [5, 5.41) is 0. The molecule has 0 radical (unpaired) electrons. The number of allylic oxidation sites excluding steroid dienone is 1. The van der Waals surface area contributed by atoms with Crippen molar-refractivity contribution in [1.29, 1.82) is 0 Å². The van der Waals surface area contributed by atoms with Crippen molar-refractivity contribution >= 4 is 8.07 Å². The van der Waals surface area contributed by atoms with Gasteiger partial charge in [-0.05, 0) is 43.4 Å². The average molecular weight is 194 g/mol. The number of hydrogen-bond donors (Lipinski definition) is 0. The van der Waals surface area contributed by atoms with E-state index >= 15 is 0 Å². The molecule has 74 valence electrons. The van der Waals surface area contributed by atoms with E-state index in [0.29, 0.717) is 5.41 Å². The average Bonchev–Trinajstić information content (AvgIpc) is 2.59. The molecule has 2 saturated carbocycles. The van der Waals surface area contributed by atoms with Gasteiger partial charge in [-0.3, -0.25) is 0 Å². The molecule has 0 aromatic carbocycles. The smallest absolute Gasteiger partial charge is 0.0683 e. The van der Waals surface area contributed by atoms with Crippen molar-refractivity contribution in [2.45, 2.75) is 51.7 Å². The Kier molecular flexibility index (Phi) is 2.18. The second-order valence-corrected chi connectivity index (χ2v) is 11.3. The van der Waals surface area contributed by atoms with Gasteiger partial charge in [0.2, 0.25) is 0 Å². The largest absolute Gasteiger partial charge is 0.0984 e. The van der Waals surface area contributed by atoms with Crippen molar-refractivity contribution in [3.05, 3.63) is 11.8 Å². The van der Waals surface area contributed by atoms with Crippen molar-refractivity contribution < 1.29 is 0 Å². The number of hydrogen-bond acceptors (Lipinski definition) is 0. The van der Waals surface area contributed by atoms with Crippen LogP contribution in [0.3, 0.4) is 0 Å². The third-order valence-corrected chi connectivity index (χ3v) is 4.90. The van der Waals surface area contributed by atoms with Gasteiger partial charge in [-0.25, -0.2) is 0 Å². The van der Waals surface area contributed by atoms with Crippen molar-refractivity contribution in [2.24, 2.45) is 11.3 Å². The Morgan fingerprint density at radius 1 is 1.15 bits per heavy atom. The van der Waals surface area contributed by atoms with Gasteiger partial charge in [0.15, 0.2) is 0 Å². The topological polar surface area (TPSA) is 0 Å². The quantitative estimate of drug-likeness (QED) is 0.583. The fourth-order valence-electron chi connectivity index (χ4n) is 2.90. The van der Waals surface area contributed by atoms with Crippen molar-refractivity contribution in [2.75, 3.05) is 0 Å².